The first-order chi connectivity index (χ1) is 17.3. The van der Waals surface area contributed by atoms with E-state index in [0.717, 1.165) is 22.3 Å². The summed E-state index contributed by atoms with van der Waals surface area (Å²) in [6, 6.07) is 21.1. The molecule has 3 atom stereocenters. The summed E-state index contributed by atoms with van der Waals surface area (Å²) in [5.74, 6) is -1.08. The number of anilines is 1. The fourth-order valence-electron chi connectivity index (χ4n) is 6.09. The summed E-state index contributed by atoms with van der Waals surface area (Å²) in [5.41, 5.74) is 3.52. The maximum absolute atomic E-state index is 13.9. The zero-order chi connectivity index (χ0) is 25.2. The molecule has 2 heterocycles. The van der Waals surface area contributed by atoms with Gasteiger partial charge in [0, 0.05) is 11.5 Å². The van der Waals surface area contributed by atoms with E-state index < -0.39 is 17.4 Å². The zero-order valence-electron chi connectivity index (χ0n) is 20.4. The number of phenols is 1. The fourth-order valence-corrected chi connectivity index (χ4v) is 6.09. The van der Waals surface area contributed by atoms with Gasteiger partial charge < -0.3 is 14.6 Å². The highest BCUT2D eigenvalue weighted by atomic mass is 16.5. The minimum absolute atomic E-state index is 0.0569. The number of allylic oxidation sites excluding steroid dienone is 1. The van der Waals surface area contributed by atoms with Crippen LogP contribution >= 0.6 is 0 Å². The maximum atomic E-state index is 13.9. The highest BCUT2D eigenvalue weighted by Crippen LogP contribution is 2.58. The van der Waals surface area contributed by atoms with Gasteiger partial charge in [0.1, 0.15) is 5.60 Å². The van der Waals surface area contributed by atoms with Crippen molar-refractivity contribution in [3.05, 3.63) is 78.4 Å². The van der Waals surface area contributed by atoms with Crippen molar-refractivity contribution in [2.75, 3.05) is 12.0 Å². The molecule has 0 aromatic heterocycles. The van der Waals surface area contributed by atoms with E-state index in [-0.39, 0.29) is 23.5 Å². The van der Waals surface area contributed by atoms with Crippen molar-refractivity contribution < 1.29 is 24.2 Å². The van der Waals surface area contributed by atoms with E-state index in [9.17, 15) is 14.7 Å². The second kappa shape index (κ2) is 7.98. The number of carbonyl (C=O) groups is 2. The quantitative estimate of drug-likeness (QED) is 0.504. The van der Waals surface area contributed by atoms with E-state index in [1.807, 2.05) is 80.6 Å². The molecule has 3 aromatic rings. The van der Waals surface area contributed by atoms with Gasteiger partial charge >= 0.3 is 0 Å². The molecule has 1 fully saturated rings. The first-order valence-electron chi connectivity index (χ1n) is 12.1. The van der Waals surface area contributed by atoms with Gasteiger partial charge in [-0.25, -0.2) is 0 Å². The second-order valence-corrected chi connectivity index (χ2v) is 10.1. The molecule has 2 aliphatic heterocycles. The Labute approximate surface area is 209 Å². The van der Waals surface area contributed by atoms with Crippen LogP contribution in [0.2, 0.25) is 0 Å². The van der Waals surface area contributed by atoms with Crippen LogP contribution in [0.4, 0.5) is 5.69 Å². The van der Waals surface area contributed by atoms with Gasteiger partial charge in [-0.2, -0.15) is 0 Å². The van der Waals surface area contributed by atoms with Gasteiger partial charge in [0.25, 0.3) is 0 Å². The number of amides is 2. The molecule has 182 valence electrons. The second-order valence-electron chi connectivity index (χ2n) is 10.1. The van der Waals surface area contributed by atoms with E-state index in [1.165, 1.54) is 12.0 Å². The smallest absolute Gasteiger partial charge is 0.238 e. The number of fused-ring (bicyclic) bond motifs is 5. The summed E-state index contributed by atoms with van der Waals surface area (Å²) in [6.45, 7) is 3.82. The maximum Gasteiger partial charge on any atom is 0.238 e. The highest BCUT2D eigenvalue weighted by molar-refractivity contribution is 6.23. The molecule has 0 saturated carbocycles. The highest BCUT2D eigenvalue weighted by Gasteiger charge is 2.59. The number of ether oxygens (including phenoxy) is 2. The molecule has 1 aliphatic carbocycles. The molecule has 6 nitrogen and oxygen atoms in total. The lowest BCUT2D eigenvalue weighted by atomic mass is 9.64. The molecular weight excluding hydrogens is 454 g/mol. The number of rotatable bonds is 3. The molecule has 3 aliphatic rings. The molecule has 0 radical (unpaired) electrons. The number of aromatic hydroxyl groups is 1. The summed E-state index contributed by atoms with van der Waals surface area (Å²) in [5, 5.41) is 10.7. The summed E-state index contributed by atoms with van der Waals surface area (Å²) in [4.78, 5) is 28.8. The average molecular weight is 482 g/mol. The lowest BCUT2D eigenvalue weighted by Gasteiger charge is -2.46. The van der Waals surface area contributed by atoms with E-state index in [2.05, 4.69) is 0 Å². The van der Waals surface area contributed by atoms with Gasteiger partial charge in [-0.3, -0.25) is 14.5 Å². The molecule has 0 spiro atoms. The Hall–Kier alpha value is -4.06. The van der Waals surface area contributed by atoms with Crippen LogP contribution in [0.5, 0.6) is 17.2 Å². The van der Waals surface area contributed by atoms with Crippen molar-refractivity contribution in [2.24, 2.45) is 17.8 Å². The van der Waals surface area contributed by atoms with Gasteiger partial charge in [-0.15, -0.1) is 0 Å². The van der Waals surface area contributed by atoms with E-state index in [1.54, 1.807) is 6.07 Å². The predicted octanol–water partition coefficient (Wildman–Crippen LogP) is 5.45. The first-order valence-corrected chi connectivity index (χ1v) is 12.1. The summed E-state index contributed by atoms with van der Waals surface area (Å²) in [7, 11) is 1.49. The van der Waals surface area contributed by atoms with Crippen molar-refractivity contribution in [1.29, 1.82) is 0 Å². The monoisotopic (exact) mass is 481 g/mol. The van der Waals surface area contributed by atoms with E-state index >= 15 is 0 Å². The van der Waals surface area contributed by atoms with E-state index in [4.69, 9.17) is 9.47 Å². The molecule has 36 heavy (non-hydrogen) atoms. The minimum atomic E-state index is -0.824. The first kappa shape index (κ1) is 22.4. The molecule has 2 amide bonds. The molecule has 6 heteroatoms. The lowest BCUT2D eigenvalue weighted by molar-refractivity contribution is -0.124. The van der Waals surface area contributed by atoms with Gasteiger partial charge in [0.05, 0.1) is 24.6 Å². The van der Waals surface area contributed by atoms with Crippen molar-refractivity contribution in [3.63, 3.8) is 0 Å². The van der Waals surface area contributed by atoms with Gasteiger partial charge in [0.2, 0.25) is 17.6 Å². The van der Waals surface area contributed by atoms with Gasteiger partial charge in [0.15, 0.2) is 11.5 Å². The Kier molecular flexibility index (Phi) is 4.97. The average Bonchev–Trinajstić information content (AvgIpc) is 3.14. The Morgan fingerprint density at radius 2 is 1.64 bits per heavy atom. The fraction of sp³-hybridized carbons (Fsp3) is 0.267. The lowest BCUT2D eigenvalue weighted by Crippen LogP contribution is -2.49. The third-order valence-electron chi connectivity index (χ3n) is 7.73. The molecule has 1 N–H and O–H groups in total. The molecule has 0 bridgehead atoms. The molecular formula is C30H27NO5. The SMILES string of the molecule is COc1ccc2c(c1O)OC(C)(C)[C@@H]1C2=CC[C@@H]2C(=O)N(c3ccc(-c4ccccc4)cc3)C(=O)[C@@H]21. The van der Waals surface area contributed by atoms with Crippen LogP contribution in [0, 0.1) is 17.8 Å². The summed E-state index contributed by atoms with van der Waals surface area (Å²) >= 11 is 0. The van der Waals surface area contributed by atoms with Crippen molar-refractivity contribution in [3.8, 4) is 28.4 Å². The van der Waals surface area contributed by atoms with Crippen molar-refractivity contribution >= 4 is 23.1 Å². The Balaban J connectivity index is 1.37. The van der Waals surface area contributed by atoms with Crippen LogP contribution in [0.3, 0.4) is 0 Å². The Morgan fingerprint density at radius 3 is 2.33 bits per heavy atom. The van der Waals surface area contributed by atoms with Crippen LogP contribution in [0.1, 0.15) is 25.8 Å². The van der Waals surface area contributed by atoms with Crippen LogP contribution in [-0.2, 0) is 9.59 Å². The standard InChI is InChI=1S/C30H27NO5/c1-30(2)25-20(21-15-16-23(35-3)26(32)27(21)36-30)13-14-22-24(25)29(34)31(28(22)33)19-11-9-18(10-12-19)17-7-5-4-6-8-17/h4-13,15-16,22,24-25,32H,14H2,1-3H3/t22-,24-,25+/m0/s1. The molecule has 1 saturated heterocycles. The van der Waals surface area contributed by atoms with E-state index in [0.29, 0.717) is 23.6 Å². The van der Waals surface area contributed by atoms with Gasteiger partial charge in [-0.1, -0.05) is 48.5 Å². The minimum Gasteiger partial charge on any atom is -0.502 e. The Bertz CT molecular complexity index is 1410. The number of imide groups is 1. The third kappa shape index (κ3) is 3.17. The largest absolute Gasteiger partial charge is 0.502 e. The number of nitrogens with zero attached hydrogens (tertiary/aromatic N) is 1. The van der Waals surface area contributed by atoms with Gasteiger partial charge in [-0.05, 0) is 61.2 Å². The summed E-state index contributed by atoms with van der Waals surface area (Å²) < 4.78 is 11.6. The predicted molar refractivity (Wildman–Crippen MR) is 137 cm³/mol. The zero-order valence-corrected chi connectivity index (χ0v) is 20.4. The Morgan fingerprint density at radius 1 is 0.944 bits per heavy atom. The van der Waals surface area contributed by atoms with Crippen LogP contribution in [-0.4, -0.2) is 29.6 Å². The molecule has 6 rings (SSSR count). The summed E-state index contributed by atoms with van der Waals surface area (Å²) in [6.07, 6.45) is 2.50. The number of benzene rings is 3. The topological polar surface area (TPSA) is 76.1 Å². The normalized spacial score (nSPS) is 23.8. The number of phenolic OH excluding ortho intramolecular Hbond substituents is 1. The van der Waals surface area contributed by atoms with Crippen LogP contribution in [0.15, 0.2) is 72.8 Å². The number of carbonyl (C=O) groups excluding carboxylic acids is 2. The molecule has 3 aromatic carbocycles. The van der Waals surface area contributed by atoms with Crippen LogP contribution < -0.4 is 14.4 Å². The molecule has 0 unspecified atom stereocenters. The van der Waals surface area contributed by atoms with Crippen molar-refractivity contribution in [1.82, 2.24) is 0 Å². The number of hydrogen-bond donors (Lipinski definition) is 1. The third-order valence-corrected chi connectivity index (χ3v) is 7.73. The number of hydrogen-bond acceptors (Lipinski definition) is 5. The van der Waals surface area contributed by atoms with Crippen LogP contribution in [0.25, 0.3) is 16.7 Å². The number of methoxy groups -OCH3 is 1. The van der Waals surface area contributed by atoms with Crippen molar-refractivity contribution in [2.45, 2.75) is 25.9 Å².